The summed E-state index contributed by atoms with van der Waals surface area (Å²) in [6.45, 7) is 4.32. The minimum atomic E-state index is -0.572. The molecule has 1 aliphatic rings. The molecule has 1 aliphatic heterocycles. The first-order chi connectivity index (χ1) is 15.6. The largest absolute Gasteiger partial charge is 0.352 e. The summed E-state index contributed by atoms with van der Waals surface area (Å²) in [4.78, 5) is 11.7. The molecular formula is C23H23FN8. The Bertz CT molecular complexity index is 1330. The van der Waals surface area contributed by atoms with Gasteiger partial charge in [0, 0.05) is 55.4 Å². The average molecular weight is 430 g/mol. The molecule has 0 bridgehead atoms. The van der Waals surface area contributed by atoms with Crippen LogP contribution >= 0.6 is 0 Å². The zero-order chi connectivity index (χ0) is 22.2. The van der Waals surface area contributed by atoms with Crippen molar-refractivity contribution in [1.29, 1.82) is 5.26 Å². The van der Waals surface area contributed by atoms with Gasteiger partial charge in [-0.2, -0.15) is 10.4 Å². The molecule has 0 spiro atoms. The first-order valence-corrected chi connectivity index (χ1v) is 10.7. The number of aromatic nitrogens is 5. The number of hydrogen-bond acceptors (Lipinski definition) is 6. The lowest BCUT2D eigenvalue weighted by atomic mass is 10.1. The van der Waals surface area contributed by atoms with Gasteiger partial charge in [-0.25, -0.2) is 14.4 Å². The normalized spacial score (nSPS) is 16.4. The van der Waals surface area contributed by atoms with E-state index in [1.54, 1.807) is 18.5 Å². The molecule has 1 fully saturated rings. The highest BCUT2D eigenvalue weighted by molar-refractivity contribution is 5.84. The van der Waals surface area contributed by atoms with Gasteiger partial charge < -0.3 is 10.6 Å². The molecule has 162 valence electrons. The third-order valence-electron chi connectivity index (χ3n) is 5.87. The van der Waals surface area contributed by atoms with E-state index < -0.39 is 5.82 Å². The van der Waals surface area contributed by atoms with Gasteiger partial charge in [-0.15, -0.1) is 0 Å². The first kappa shape index (κ1) is 20.2. The number of anilines is 1. The van der Waals surface area contributed by atoms with Crippen molar-refractivity contribution in [2.75, 3.05) is 18.0 Å². The topological polar surface area (TPSA) is 101 Å². The average Bonchev–Trinajstić information content (AvgIpc) is 3.43. The van der Waals surface area contributed by atoms with E-state index in [4.69, 9.17) is 16.0 Å². The highest BCUT2D eigenvalue weighted by atomic mass is 19.1. The number of rotatable bonds is 4. The van der Waals surface area contributed by atoms with E-state index in [1.165, 1.54) is 12.1 Å². The van der Waals surface area contributed by atoms with Crippen LogP contribution in [0.1, 0.15) is 25.3 Å². The lowest BCUT2D eigenvalue weighted by Gasteiger charge is -2.31. The quantitative estimate of drug-likeness (QED) is 0.534. The van der Waals surface area contributed by atoms with Crippen LogP contribution in [0.25, 0.3) is 28.2 Å². The molecule has 5 rings (SSSR count). The zero-order valence-electron chi connectivity index (χ0n) is 17.7. The van der Waals surface area contributed by atoms with Crippen LogP contribution < -0.4 is 10.6 Å². The molecule has 2 N–H and O–H groups in total. The maximum atomic E-state index is 14.5. The smallest absolute Gasteiger partial charge is 0.181 e. The number of nitrogens with zero attached hydrogens (tertiary/aromatic N) is 7. The van der Waals surface area contributed by atoms with Gasteiger partial charge in [0.05, 0.1) is 23.1 Å². The minimum Gasteiger partial charge on any atom is -0.352 e. The van der Waals surface area contributed by atoms with Gasteiger partial charge in [-0.3, -0.25) is 9.08 Å². The predicted octanol–water partition coefficient (Wildman–Crippen LogP) is 3.22. The Hall–Kier alpha value is -3.77. The van der Waals surface area contributed by atoms with Gasteiger partial charge >= 0.3 is 0 Å². The van der Waals surface area contributed by atoms with Crippen molar-refractivity contribution in [1.82, 2.24) is 24.1 Å². The number of benzene rings is 1. The summed E-state index contributed by atoms with van der Waals surface area (Å²) in [6, 6.07) is 6.53. The lowest BCUT2D eigenvalue weighted by molar-refractivity contribution is 0.503. The molecule has 0 unspecified atom stereocenters. The molecule has 0 amide bonds. The summed E-state index contributed by atoms with van der Waals surface area (Å²) in [6.07, 6.45) is 9.33. The summed E-state index contributed by atoms with van der Waals surface area (Å²) in [7, 11) is 0. The fourth-order valence-electron chi connectivity index (χ4n) is 4.28. The van der Waals surface area contributed by atoms with Crippen LogP contribution in [0, 0.1) is 17.1 Å². The van der Waals surface area contributed by atoms with Crippen LogP contribution in [0.3, 0.4) is 0 Å². The summed E-state index contributed by atoms with van der Waals surface area (Å²) in [5, 5.41) is 13.5. The number of halogens is 1. The highest BCUT2D eigenvalue weighted by Gasteiger charge is 2.25. The van der Waals surface area contributed by atoms with Crippen molar-refractivity contribution in [2.45, 2.75) is 32.4 Å². The molecule has 0 aliphatic carbocycles. The van der Waals surface area contributed by atoms with E-state index in [2.05, 4.69) is 15.0 Å². The molecule has 0 radical (unpaired) electrons. The molecule has 9 heteroatoms. The van der Waals surface area contributed by atoms with Crippen LogP contribution in [0.5, 0.6) is 0 Å². The van der Waals surface area contributed by atoms with E-state index >= 15 is 0 Å². The van der Waals surface area contributed by atoms with Crippen molar-refractivity contribution < 1.29 is 4.39 Å². The Morgan fingerprint density at radius 1 is 1.31 bits per heavy atom. The number of imidazole rings is 1. The number of aryl methyl sites for hydroxylation is 1. The van der Waals surface area contributed by atoms with Gasteiger partial charge in [-0.1, -0.05) is 6.07 Å². The van der Waals surface area contributed by atoms with Crippen molar-refractivity contribution >= 4 is 11.5 Å². The number of piperidine rings is 1. The Labute approximate surface area is 184 Å². The Balaban J connectivity index is 1.74. The zero-order valence-corrected chi connectivity index (χ0v) is 17.7. The van der Waals surface area contributed by atoms with Gasteiger partial charge in [0.15, 0.2) is 11.5 Å². The van der Waals surface area contributed by atoms with Crippen LogP contribution in [0.4, 0.5) is 10.2 Å². The van der Waals surface area contributed by atoms with Crippen LogP contribution in [0.2, 0.25) is 0 Å². The van der Waals surface area contributed by atoms with E-state index in [9.17, 15) is 4.39 Å². The number of nitriles is 1. The standard InChI is InChI=1S/C23H23FN8/c1-2-31-13-17(12-28-31)21-20(15-5-6-16(11-25)19(24)10-15)29-23-22(27-7-9-32(21)23)30-8-3-4-18(26)14-30/h5-7,9-10,12-13,18H,2-4,8,14,26H2,1H3/t18-/m1/s1. The van der Waals surface area contributed by atoms with Crippen molar-refractivity contribution in [3.63, 3.8) is 0 Å². The molecule has 4 heterocycles. The second-order valence-electron chi connectivity index (χ2n) is 7.99. The highest BCUT2D eigenvalue weighted by Crippen LogP contribution is 2.35. The fourth-order valence-corrected chi connectivity index (χ4v) is 4.28. The maximum Gasteiger partial charge on any atom is 0.181 e. The van der Waals surface area contributed by atoms with Crippen LogP contribution in [-0.2, 0) is 6.54 Å². The second kappa shape index (κ2) is 8.05. The van der Waals surface area contributed by atoms with E-state index in [0.717, 1.165) is 43.0 Å². The molecule has 3 aromatic heterocycles. The fraction of sp³-hybridized carbons (Fsp3) is 0.304. The Morgan fingerprint density at radius 3 is 2.91 bits per heavy atom. The second-order valence-corrected chi connectivity index (χ2v) is 7.99. The van der Waals surface area contributed by atoms with Crippen LogP contribution in [0.15, 0.2) is 43.0 Å². The summed E-state index contributed by atoms with van der Waals surface area (Å²) in [5.41, 5.74) is 9.76. The predicted molar refractivity (Wildman–Crippen MR) is 119 cm³/mol. The lowest BCUT2D eigenvalue weighted by Crippen LogP contribution is -2.43. The third-order valence-corrected chi connectivity index (χ3v) is 5.87. The molecule has 1 atom stereocenters. The van der Waals surface area contributed by atoms with Gasteiger partial charge in [0.1, 0.15) is 11.9 Å². The molecule has 4 aromatic rings. The number of fused-ring (bicyclic) bond motifs is 1. The Morgan fingerprint density at radius 2 is 2.19 bits per heavy atom. The maximum absolute atomic E-state index is 14.5. The molecule has 32 heavy (non-hydrogen) atoms. The molecule has 0 saturated carbocycles. The van der Waals surface area contributed by atoms with E-state index in [-0.39, 0.29) is 11.6 Å². The molecular weight excluding hydrogens is 407 g/mol. The van der Waals surface area contributed by atoms with Crippen molar-refractivity contribution in [3.8, 4) is 28.6 Å². The first-order valence-electron chi connectivity index (χ1n) is 10.7. The molecule has 1 saturated heterocycles. The molecule has 1 aromatic carbocycles. The third kappa shape index (κ3) is 3.39. The van der Waals surface area contributed by atoms with E-state index in [0.29, 0.717) is 23.4 Å². The van der Waals surface area contributed by atoms with Crippen LogP contribution in [-0.4, -0.2) is 43.3 Å². The number of nitrogens with two attached hydrogens (primary N) is 1. The summed E-state index contributed by atoms with van der Waals surface area (Å²) in [5.74, 6) is 0.185. The van der Waals surface area contributed by atoms with Crippen molar-refractivity contribution in [3.05, 3.63) is 54.4 Å². The number of hydrogen-bond donors (Lipinski definition) is 1. The van der Waals surface area contributed by atoms with Gasteiger partial charge in [0.2, 0.25) is 0 Å². The summed E-state index contributed by atoms with van der Waals surface area (Å²) < 4.78 is 18.3. The summed E-state index contributed by atoms with van der Waals surface area (Å²) >= 11 is 0. The minimum absolute atomic E-state index is 0.00234. The van der Waals surface area contributed by atoms with E-state index in [1.807, 2.05) is 34.5 Å². The van der Waals surface area contributed by atoms with Gasteiger partial charge in [-0.05, 0) is 31.9 Å². The SMILES string of the molecule is CCn1cc(-c2c(-c3ccc(C#N)c(F)c3)nc3c(N4CCC[C@@H](N)C4)nccn23)cn1. The molecule has 8 nitrogen and oxygen atoms in total. The van der Waals surface area contributed by atoms with Crippen molar-refractivity contribution in [2.24, 2.45) is 5.73 Å². The monoisotopic (exact) mass is 430 g/mol. The Kier molecular flexibility index (Phi) is 5.07. The van der Waals surface area contributed by atoms with Gasteiger partial charge in [0.25, 0.3) is 0 Å².